The predicted octanol–water partition coefficient (Wildman–Crippen LogP) is 3.10. The van der Waals surface area contributed by atoms with Gasteiger partial charge in [-0.3, -0.25) is 0 Å². The smallest absolute Gasteiger partial charge is 0.231 e. The van der Waals surface area contributed by atoms with Gasteiger partial charge in [-0.1, -0.05) is 29.3 Å². The molecule has 3 rings (SSSR count). The van der Waals surface area contributed by atoms with Crippen LogP contribution in [0, 0.1) is 13.8 Å². The van der Waals surface area contributed by atoms with E-state index in [9.17, 15) is 5.11 Å². The van der Waals surface area contributed by atoms with Crippen LogP contribution in [0.15, 0.2) is 30.3 Å². The first kappa shape index (κ1) is 13.8. The fourth-order valence-corrected chi connectivity index (χ4v) is 2.54. The van der Waals surface area contributed by atoms with E-state index in [-0.39, 0.29) is 13.4 Å². The number of aliphatic hydroxyl groups excluding tert-OH is 1. The van der Waals surface area contributed by atoms with Gasteiger partial charge in [0.25, 0.3) is 0 Å². The van der Waals surface area contributed by atoms with Crippen molar-refractivity contribution in [1.29, 1.82) is 0 Å². The molecule has 0 saturated carbocycles. The molecule has 1 aliphatic rings. The molecule has 0 saturated heterocycles. The minimum absolute atomic E-state index is 0.0984. The average Bonchev–Trinajstić information content (AvgIpc) is 2.90. The van der Waals surface area contributed by atoms with Crippen LogP contribution in [-0.4, -0.2) is 11.9 Å². The van der Waals surface area contributed by atoms with E-state index in [0.717, 1.165) is 5.56 Å². The third-order valence-electron chi connectivity index (χ3n) is 3.40. The van der Waals surface area contributed by atoms with Crippen molar-refractivity contribution in [3.05, 3.63) is 52.6 Å². The van der Waals surface area contributed by atoms with Crippen LogP contribution >= 0.6 is 0 Å². The van der Waals surface area contributed by atoms with E-state index in [0.29, 0.717) is 29.4 Å². The van der Waals surface area contributed by atoms with Crippen LogP contribution < -0.4 is 14.2 Å². The number of benzene rings is 2. The molecular weight excluding hydrogens is 268 g/mol. The Morgan fingerprint density at radius 3 is 2.33 bits per heavy atom. The lowest BCUT2D eigenvalue weighted by atomic mass is 10.1. The second-order valence-corrected chi connectivity index (χ2v) is 5.26. The van der Waals surface area contributed by atoms with Gasteiger partial charge in [-0.2, -0.15) is 0 Å². The largest absolute Gasteiger partial charge is 0.488 e. The Morgan fingerprint density at radius 1 is 1.00 bits per heavy atom. The first-order chi connectivity index (χ1) is 10.2. The van der Waals surface area contributed by atoms with Crippen LogP contribution in [0.3, 0.4) is 0 Å². The van der Waals surface area contributed by atoms with Crippen LogP contribution in [-0.2, 0) is 13.2 Å². The van der Waals surface area contributed by atoms with Gasteiger partial charge in [-0.25, -0.2) is 0 Å². The Bertz CT molecular complexity index is 644. The first-order valence-electron chi connectivity index (χ1n) is 6.89. The van der Waals surface area contributed by atoms with Gasteiger partial charge in [-0.15, -0.1) is 0 Å². The highest BCUT2D eigenvalue weighted by atomic mass is 16.7. The van der Waals surface area contributed by atoms with Crippen molar-refractivity contribution in [2.45, 2.75) is 27.1 Å². The fraction of sp³-hybridized carbons (Fsp3) is 0.294. The van der Waals surface area contributed by atoms with Gasteiger partial charge in [-0.05, 0) is 25.5 Å². The molecule has 0 spiro atoms. The van der Waals surface area contributed by atoms with Crippen LogP contribution in [0.4, 0.5) is 0 Å². The molecular formula is C17H18O4. The molecule has 0 aromatic heterocycles. The Balaban J connectivity index is 1.81. The van der Waals surface area contributed by atoms with Crippen LogP contribution in [0.1, 0.15) is 22.3 Å². The van der Waals surface area contributed by atoms with E-state index in [1.165, 1.54) is 11.1 Å². The van der Waals surface area contributed by atoms with Gasteiger partial charge in [0.1, 0.15) is 12.4 Å². The molecule has 1 aliphatic heterocycles. The molecule has 1 heterocycles. The van der Waals surface area contributed by atoms with E-state index >= 15 is 0 Å². The van der Waals surface area contributed by atoms with Crippen molar-refractivity contribution in [2.24, 2.45) is 0 Å². The van der Waals surface area contributed by atoms with Gasteiger partial charge in [0.05, 0.1) is 6.61 Å². The highest BCUT2D eigenvalue weighted by Crippen LogP contribution is 2.38. The van der Waals surface area contributed by atoms with Crippen LogP contribution in [0.25, 0.3) is 0 Å². The fourth-order valence-electron chi connectivity index (χ4n) is 2.54. The standard InChI is InChI=1S/C17H18O4/c1-11-3-12(2)5-13(4-11)9-19-15-7-17-16(20-10-21-17)6-14(15)8-18/h3-7,18H,8-10H2,1-2H3. The van der Waals surface area contributed by atoms with Gasteiger partial charge >= 0.3 is 0 Å². The summed E-state index contributed by atoms with van der Waals surface area (Å²) in [5.74, 6) is 1.93. The highest BCUT2D eigenvalue weighted by Gasteiger charge is 2.17. The van der Waals surface area contributed by atoms with Crippen molar-refractivity contribution in [1.82, 2.24) is 0 Å². The molecule has 0 radical (unpaired) electrons. The zero-order valence-electron chi connectivity index (χ0n) is 12.2. The summed E-state index contributed by atoms with van der Waals surface area (Å²) in [6, 6.07) is 9.86. The van der Waals surface area contributed by atoms with Crippen LogP contribution in [0.2, 0.25) is 0 Å². The SMILES string of the molecule is Cc1cc(C)cc(COc2cc3c(cc2CO)OCO3)c1. The van der Waals surface area contributed by atoms with Gasteiger partial charge < -0.3 is 19.3 Å². The number of rotatable bonds is 4. The second kappa shape index (κ2) is 5.66. The zero-order chi connectivity index (χ0) is 14.8. The minimum atomic E-state index is -0.0984. The highest BCUT2D eigenvalue weighted by molar-refractivity contribution is 5.51. The van der Waals surface area contributed by atoms with E-state index in [2.05, 4.69) is 32.0 Å². The quantitative estimate of drug-likeness (QED) is 0.938. The van der Waals surface area contributed by atoms with Crippen molar-refractivity contribution in [3.8, 4) is 17.2 Å². The molecule has 110 valence electrons. The summed E-state index contributed by atoms with van der Waals surface area (Å²) >= 11 is 0. The Labute approximate surface area is 123 Å². The van der Waals surface area contributed by atoms with Crippen molar-refractivity contribution in [3.63, 3.8) is 0 Å². The molecule has 0 bridgehead atoms. The summed E-state index contributed by atoms with van der Waals surface area (Å²) in [5, 5.41) is 9.46. The number of aliphatic hydroxyl groups is 1. The molecule has 21 heavy (non-hydrogen) atoms. The lowest BCUT2D eigenvalue weighted by Crippen LogP contribution is -2.00. The molecule has 4 nitrogen and oxygen atoms in total. The van der Waals surface area contributed by atoms with E-state index in [1.54, 1.807) is 12.1 Å². The first-order valence-corrected chi connectivity index (χ1v) is 6.89. The molecule has 2 aromatic rings. The summed E-state index contributed by atoms with van der Waals surface area (Å²) in [7, 11) is 0. The maximum Gasteiger partial charge on any atom is 0.231 e. The molecule has 0 aliphatic carbocycles. The van der Waals surface area contributed by atoms with Gasteiger partial charge in [0.2, 0.25) is 6.79 Å². The maximum absolute atomic E-state index is 9.46. The zero-order valence-corrected chi connectivity index (χ0v) is 12.2. The molecule has 0 amide bonds. The lowest BCUT2D eigenvalue weighted by Gasteiger charge is -2.12. The maximum atomic E-state index is 9.46. The average molecular weight is 286 g/mol. The van der Waals surface area contributed by atoms with Crippen molar-refractivity contribution < 1.29 is 19.3 Å². The van der Waals surface area contributed by atoms with Gasteiger partial charge in [0, 0.05) is 11.6 Å². The summed E-state index contributed by atoms with van der Waals surface area (Å²) in [6.07, 6.45) is 0. The van der Waals surface area contributed by atoms with Gasteiger partial charge in [0.15, 0.2) is 11.5 Å². The third kappa shape index (κ3) is 2.95. The number of fused-ring (bicyclic) bond motifs is 1. The van der Waals surface area contributed by atoms with Crippen molar-refractivity contribution >= 4 is 0 Å². The molecule has 4 heteroatoms. The molecule has 0 fully saturated rings. The van der Waals surface area contributed by atoms with E-state index in [4.69, 9.17) is 14.2 Å². The molecule has 0 atom stereocenters. The number of hydrogen-bond acceptors (Lipinski definition) is 4. The number of aryl methyl sites for hydroxylation is 2. The second-order valence-electron chi connectivity index (χ2n) is 5.26. The van der Waals surface area contributed by atoms with E-state index < -0.39 is 0 Å². The summed E-state index contributed by atoms with van der Waals surface area (Å²) in [5.41, 5.74) is 4.22. The Kier molecular flexibility index (Phi) is 3.71. The normalized spacial score (nSPS) is 12.5. The molecule has 1 N–H and O–H groups in total. The molecule has 2 aromatic carbocycles. The minimum Gasteiger partial charge on any atom is -0.488 e. The van der Waals surface area contributed by atoms with Crippen molar-refractivity contribution in [2.75, 3.05) is 6.79 Å². The van der Waals surface area contributed by atoms with E-state index in [1.807, 2.05) is 0 Å². The number of hydrogen-bond donors (Lipinski definition) is 1. The summed E-state index contributed by atoms with van der Waals surface area (Å²) in [4.78, 5) is 0. The monoisotopic (exact) mass is 286 g/mol. The predicted molar refractivity (Wildman–Crippen MR) is 78.7 cm³/mol. The lowest BCUT2D eigenvalue weighted by molar-refractivity contribution is 0.173. The summed E-state index contributed by atoms with van der Waals surface area (Å²) in [6.45, 7) is 4.70. The summed E-state index contributed by atoms with van der Waals surface area (Å²) < 4.78 is 16.5. The Morgan fingerprint density at radius 2 is 1.67 bits per heavy atom. The number of ether oxygens (including phenoxy) is 3. The molecule has 0 unspecified atom stereocenters. The van der Waals surface area contributed by atoms with Crippen LogP contribution in [0.5, 0.6) is 17.2 Å². The topological polar surface area (TPSA) is 47.9 Å². The third-order valence-corrected chi connectivity index (χ3v) is 3.40. The Hall–Kier alpha value is -2.20.